The lowest BCUT2D eigenvalue weighted by Crippen LogP contribution is -2.33. The van der Waals surface area contributed by atoms with Crippen LogP contribution in [-0.4, -0.2) is 10.7 Å². The van der Waals surface area contributed by atoms with Crippen molar-refractivity contribution < 1.29 is 9.47 Å². The molecule has 168 valence electrons. The zero-order valence-electron chi connectivity index (χ0n) is 18.5. The van der Waals surface area contributed by atoms with Crippen molar-refractivity contribution in [3.63, 3.8) is 0 Å². The highest BCUT2D eigenvalue weighted by Crippen LogP contribution is 2.47. The molecular formula is C29H23ClN2O2. The Hall–Kier alpha value is -3.76. The molecule has 0 aromatic heterocycles. The predicted octanol–water partition coefficient (Wildman–Crippen LogP) is 7.16. The Morgan fingerprint density at radius 3 is 2.38 bits per heavy atom. The van der Waals surface area contributed by atoms with E-state index in [1.165, 1.54) is 0 Å². The summed E-state index contributed by atoms with van der Waals surface area (Å²) in [5.74, 6) is 1.73. The summed E-state index contributed by atoms with van der Waals surface area (Å²) >= 11 is 6.10. The van der Waals surface area contributed by atoms with Gasteiger partial charge in [-0.2, -0.15) is 5.10 Å². The standard InChI is InChI=1S/C29H23ClN2O2/c30-23-14-10-21(11-15-23)26-18-27-25-8-4-5-9-28(25)34-29(32(27)31-26)22-12-16-24(17-13-22)33-19-20-6-2-1-3-7-20/h1-17,27,29H,18-19H2/t27-,29+/m1/s1. The fourth-order valence-corrected chi connectivity index (χ4v) is 4.67. The zero-order valence-corrected chi connectivity index (χ0v) is 19.2. The largest absolute Gasteiger partial charge is 0.489 e. The van der Waals surface area contributed by atoms with Crippen LogP contribution in [0.15, 0.2) is 108 Å². The molecule has 4 aromatic rings. The van der Waals surface area contributed by atoms with Crippen LogP contribution < -0.4 is 9.47 Å². The number of nitrogens with zero attached hydrogens (tertiary/aromatic N) is 2. The minimum Gasteiger partial charge on any atom is -0.489 e. The molecule has 0 radical (unpaired) electrons. The Morgan fingerprint density at radius 1 is 0.853 bits per heavy atom. The van der Waals surface area contributed by atoms with Crippen LogP contribution in [0.1, 0.15) is 40.9 Å². The fourth-order valence-electron chi connectivity index (χ4n) is 4.54. The molecule has 0 unspecified atom stereocenters. The lowest BCUT2D eigenvalue weighted by atomic mass is 9.96. The summed E-state index contributed by atoms with van der Waals surface area (Å²) < 4.78 is 12.4. The first-order valence-electron chi connectivity index (χ1n) is 11.4. The first-order valence-corrected chi connectivity index (χ1v) is 11.8. The van der Waals surface area contributed by atoms with E-state index >= 15 is 0 Å². The molecule has 0 amide bonds. The average Bonchev–Trinajstić information content (AvgIpc) is 3.34. The Bertz CT molecular complexity index is 1320. The first kappa shape index (κ1) is 20.8. The minimum atomic E-state index is -0.312. The third-order valence-corrected chi connectivity index (χ3v) is 6.54. The van der Waals surface area contributed by atoms with Gasteiger partial charge >= 0.3 is 0 Å². The number of para-hydroxylation sites is 1. The molecule has 0 fully saturated rings. The molecule has 5 heteroatoms. The van der Waals surface area contributed by atoms with E-state index in [1.54, 1.807) is 0 Å². The highest BCUT2D eigenvalue weighted by atomic mass is 35.5. The van der Waals surface area contributed by atoms with Gasteiger partial charge in [0.1, 0.15) is 18.1 Å². The van der Waals surface area contributed by atoms with Crippen molar-refractivity contribution in [2.75, 3.05) is 0 Å². The molecule has 0 N–H and O–H groups in total. The summed E-state index contributed by atoms with van der Waals surface area (Å²) in [6.07, 6.45) is 0.504. The van der Waals surface area contributed by atoms with E-state index in [-0.39, 0.29) is 12.3 Å². The Labute approximate surface area is 204 Å². The van der Waals surface area contributed by atoms with E-state index in [1.807, 2.05) is 66.7 Å². The Morgan fingerprint density at radius 2 is 1.59 bits per heavy atom. The molecule has 0 bridgehead atoms. The van der Waals surface area contributed by atoms with Crippen molar-refractivity contribution in [1.29, 1.82) is 0 Å². The van der Waals surface area contributed by atoms with E-state index in [0.29, 0.717) is 6.61 Å². The number of hydrazone groups is 1. The second kappa shape index (κ2) is 8.88. The molecule has 0 aliphatic carbocycles. The van der Waals surface area contributed by atoms with Gasteiger partial charge in [-0.3, -0.25) is 0 Å². The number of benzene rings is 4. The number of hydrogen-bond acceptors (Lipinski definition) is 4. The number of rotatable bonds is 5. The second-order valence-corrected chi connectivity index (χ2v) is 8.94. The van der Waals surface area contributed by atoms with Gasteiger partial charge in [0.05, 0.1) is 11.8 Å². The lowest BCUT2D eigenvalue weighted by Gasteiger charge is -2.38. The van der Waals surface area contributed by atoms with E-state index in [4.69, 9.17) is 26.2 Å². The van der Waals surface area contributed by atoms with Gasteiger partial charge in [0.2, 0.25) is 6.23 Å². The first-order chi connectivity index (χ1) is 16.7. The molecule has 4 aromatic carbocycles. The van der Waals surface area contributed by atoms with Crippen molar-refractivity contribution in [2.24, 2.45) is 5.10 Å². The number of fused-ring (bicyclic) bond motifs is 3. The highest BCUT2D eigenvalue weighted by molar-refractivity contribution is 6.30. The third-order valence-electron chi connectivity index (χ3n) is 6.29. The monoisotopic (exact) mass is 466 g/mol. The smallest absolute Gasteiger partial charge is 0.213 e. The van der Waals surface area contributed by atoms with E-state index in [2.05, 4.69) is 41.4 Å². The van der Waals surface area contributed by atoms with Crippen molar-refractivity contribution in [1.82, 2.24) is 5.01 Å². The van der Waals surface area contributed by atoms with Crippen molar-refractivity contribution >= 4 is 17.3 Å². The van der Waals surface area contributed by atoms with Crippen LogP contribution in [0.4, 0.5) is 0 Å². The van der Waals surface area contributed by atoms with E-state index in [0.717, 1.165) is 50.9 Å². The average molecular weight is 467 g/mol. The van der Waals surface area contributed by atoms with Crippen LogP contribution in [0.3, 0.4) is 0 Å². The quantitative estimate of drug-likeness (QED) is 0.313. The zero-order chi connectivity index (χ0) is 22.9. The van der Waals surface area contributed by atoms with Crippen LogP contribution in [0.2, 0.25) is 5.02 Å². The Kier molecular flexibility index (Phi) is 5.44. The molecule has 0 saturated heterocycles. The summed E-state index contributed by atoms with van der Waals surface area (Å²) in [6, 6.07) is 34.5. The van der Waals surface area contributed by atoms with Gasteiger partial charge in [-0.15, -0.1) is 0 Å². The highest BCUT2D eigenvalue weighted by Gasteiger charge is 2.40. The van der Waals surface area contributed by atoms with Gasteiger partial charge in [-0.25, -0.2) is 5.01 Å². The molecule has 0 spiro atoms. The second-order valence-electron chi connectivity index (χ2n) is 8.50. The SMILES string of the molecule is Clc1ccc(C2=NN3[C@H](C2)c2ccccc2O[C@H]3c2ccc(OCc3ccccc3)cc2)cc1. The minimum absolute atomic E-state index is 0.120. The maximum atomic E-state index is 6.46. The van der Waals surface area contributed by atoms with Crippen LogP contribution in [0.25, 0.3) is 0 Å². The lowest BCUT2D eigenvalue weighted by molar-refractivity contribution is -0.0190. The fraction of sp³-hybridized carbons (Fsp3) is 0.138. The Balaban J connectivity index is 1.28. The molecule has 34 heavy (non-hydrogen) atoms. The van der Waals surface area contributed by atoms with Crippen molar-refractivity contribution in [3.8, 4) is 11.5 Å². The molecule has 2 heterocycles. The van der Waals surface area contributed by atoms with Crippen LogP contribution in [-0.2, 0) is 6.61 Å². The summed E-state index contributed by atoms with van der Waals surface area (Å²) in [7, 11) is 0. The molecule has 2 aliphatic rings. The van der Waals surface area contributed by atoms with Crippen molar-refractivity contribution in [2.45, 2.75) is 25.3 Å². The number of halogens is 1. The van der Waals surface area contributed by atoms with Gasteiger partial charge < -0.3 is 9.47 Å². The predicted molar refractivity (Wildman–Crippen MR) is 134 cm³/mol. The summed E-state index contributed by atoms with van der Waals surface area (Å²) in [6.45, 7) is 0.538. The third kappa shape index (κ3) is 4.02. The molecule has 6 rings (SSSR count). The van der Waals surface area contributed by atoms with Crippen LogP contribution in [0.5, 0.6) is 11.5 Å². The van der Waals surface area contributed by atoms with E-state index in [9.17, 15) is 0 Å². The normalized spacial score (nSPS) is 18.5. The van der Waals surface area contributed by atoms with Crippen molar-refractivity contribution in [3.05, 3.63) is 130 Å². The maximum Gasteiger partial charge on any atom is 0.213 e. The maximum absolute atomic E-state index is 6.46. The number of ether oxygens (including phenoxy) is 2. The van der Waals surface area contributed by atoms with Gasteiger partial charge in [0.15, 0.2) is 0 Å². The van der Waals surface area contributed by atoms with Gasteiger partial charge in [0.25, 0.3) is 0 Å². The van der Waals surface area contributed by atoms with E-state index < -0.39 is 0 Å². The van der Waals surface area contributed by atoms with Gasteiger partial charge in [-0.1, -0.05) is 72.3 Å². The van der Waals surface area contributed by atoms with Crippen LogP contribution in [0, 0.1) is 0 Å². The van der Waals surface area contributed by atoms with Gasteiger partial charge in [-0.05, 0) is 53.6 Å². The molecular weight excluding hydrogens is 444 g/mol. The summed E-state index contributed by atoms with van der Waals surface area (Å²) in [5.41, 5.74) is 5.46. The molecule has 2 aliphatic heterocycles. The van der Waals surface area contributed by atoms with Crippen LogP contribution >= 0.6 is 11.6 Å². The molecule has 0 saturated carbocycles. The topological polar surface area (TPSA) is 34.1 Å². The summed E-state index contributed by atoms with van der Waals surface area (Å²) in [5, 5.41) is 7.83. The van der Waals surface area contributed by atoms with Gasteiger partial charge in [0, 0.05) is 22.6 Å². The number of hydrogen-bond donors (Lipinski definition) is 0. The summed E-state index contributed by atoms with van der Waals surface area (Å²) in [4.78, 5) is 0. The molecule has 2 atom stereocenters. The molecule has 4 nitrogen and oxygen atoms in total.